The highest BCUT2D eigenvalue weighted by Gasteiger charge is 2.29. The van der Waals surface area contributed by atoms with E-state index >= 15 is 0 Å². The first-order valence-corrected chi connectivity index (χ1v) is 8.17. The number of hydrogen-bond donors (Lipinski definition) is 1. The van der Waals surface area contributed by atoms with Gasteiger partial charge in [-0.25, -0.2) is 0 Å². The maximum atomic E-state index is 11.1. The van der Waals surface area contributed by atoms with E-state index in [-0.39, 0.29) is 22.6 Å². The van der Waals surface area contributed by atoms with Gasteiger partial charge in [0.25, 0.3) is 5.69 Å². The van der Waals surface area contributed by atoms with E-state index in [9.17, 15) is 10.1 Å². The van der Waals surface area contributed by atoms with E-state index in [1.54, 1.807) is 18.2 Å². The van der Waals surface area contributed by atoms with Gasteiger partial charge in [-0.1, -0.05) is 35.3 Å². The lowest BCUT2D eigenvalue weighted by atomic mass is 9.76. The lowest BCUT2D eigenvalue weighted by Gasteiger charge is -2.31. The molecular formula is C17H16Cl2N2O2. The summed E-state index contributed by atoms with van der Waals surface area (Å²) < 4.78 is 0. The van der Waals surface area contributed by atoms with Crippen molar-refractivity contribution in [3.05, 3.63) is 73.2 Å². The maximum Gasteiger partial charge on any atom is 0.269 e. The summed E-state index contributed by atoms with van der Waals surface area (Å²) >= 11 is 12.2. The lowest BCUT2D eigenvalue weighted by molar-refractivity contribution is -0.385. The van der Waals surface area contributed by atoms with Crippen molar-refractivity contribution in [2.75, 3.05) is 7.05 Å². The molecule has 0 fully saturated rings. The molecule has 2 unspecified atom stereocenters. The van der Waals surface area contributed by atoms with Gasteiger partial charge in [-0.15, -0.1) is 0 Å². The highest BCUT2D eigenvalue weighted by Crippen LogP contribution is 2.43. The van der Waals surface area contributed by atoms with Crippen molar-refractivity contribution in [1.82, 2.24) is 5.32 Å². The molecule has 3 rings (SSSR count). The fourth-order valence-corrected chi connectivity index (χ4v) is 3.62. The molecule has 0 amide bonds. The van der Waals surface area contributed by atoms with E-state index in [1.807, 2.05) is 25.2 Å². The molecule has 0 spiro atoms. The summed E-state index contributed by atoms with van der Waals surface area (Å²) in [6, 6.07) is 10.9. The van der Waals surface area contributed by atoms with Gasteiger partial charge in [-0.2, -0.15) is 0 Å². The molecule has 0 heterocycles. The first kappa shape index (κ1) is 16.2. The lowest BCUT2D eigenvalue weighted by Crippen LogP contribution is -2.24. The minimum Gasteiger partial charge on any atom is -0.313 e. The number of fused-ring (bicyclic) bond motifs is 1. The Morgan fingerprint density at radius 2 is 1.87 bits per heavy atom. The molecule has 2 aromatic carbocycles. The standard InChI is InChI=1S/C17H16Cl2N2O2/c1-20-17-7-5-12(10-2-6-15(18)16(19)8-10)13-4-3-11(21(22)23)9-14(13)17/h2-4,6,8-9,12,17,20H,5,7H2,1H3. The first-order chi connectivity index (χ1) is 11.0. The van der Waals surface area contributed by atoms with Crippen LogP contribution in [-0.4, -0.2) is 12.0 Å². The summed E-state index contributed by atoms with van der Waals surface area (Å²) in [6.45, 7) is 0. The first-order valence-electron chi connectivity index (χ1n) is 7.41. The van der Waals surface area contributed by atoms with E-state index in [0.717, 1.165) is 29.5 Å². The largest absolute Gasteiger partial charge is 0.313 e. The summed E-state index contributed by atoms with van der Waals surface area (Å²) in [4.78, 5) is 10.7. The smallest absolute Gasteiger partial charge is 0.269 e. The fraction of sp³-hybridized carbons (Fsp3) is 0.294. The van der Waals surface area contributed by atoms with Crippen LogP contribution in [0, 0.1) is 10.1 Å². The van der Waals surface area contributed by atoms with Crippen molar-refractivity contribution in [3.63, 3.8) is 0 Å². The number of rotatable bonds is 3. The minimum atomic E-state index is -0.351. The number of nitro groups is 1. The molecule has 0 radical (unpaired) electrons. The second kappa shape index (κ2) is 6.48. The predicted molar refractivity (Wildman–Crippen MR) is 92.4 cm³/mol. The van der Waals surface area contributed by atoms with Crippen molar-refractivity contribution < 1.29 is 4.92 Å². The van der Waals surface area contributed by atoms with Crippen LogP contribution in [0.5, 0.6) is 0 Å². The van der Waals surface area contributed by atoms with Crippen LogP contribution in [0.1, 0.15) is 41.5 Å². The number of halogens is 2. The normalized spacial score (nSPS) is 20.1. The third kappa shape index (κ3) is 3.07. The van der Waals surface area contributed by atoms with Crippen molar-refractivity contribution in [2.45, 2.75) is 24.8 Å². The van der Waals surface area contributed by atoms with Crippen molar-refractivity contribution in [1.29, 1.82) is 0 Å². The molecule has 0 saturated carbocycles. The second-order valence-corrected chi connectivity index (χ2v) is 6.53. The molecule has 120 valence electrons. The quantitative estimate of drug-likeness (QED) is 0.619. The molecular weight excluding hydrogens is 335 g/mol. The molecule has 2 aromatic rings. The van der Waals surface area contributed by atoms with E-state index < -0.39 is 0 Å². The van der Waals surface area contributed by atoms with E-state index in [2.05, 4.69) is 5.32 Å². The monoisotopic (exact) mass is 350 g/mol. The Hall–Kier alpha value is -1.62. The molecule has 23 heavy (non-hydrogen) atoms. The van der Waals surface area contributed by atoms with Gasteiger partial charge < -0.3 is 5.32 Å². The summed E-state index contributed by atoms with van der Waals surface area (Å²) in [5, 5.41) is 15.4. The number of non-ortho nitro benzene ring substituents is 1. The van der Waals surface area contributed by atoms with Crippen molar-refractivity contribution in [3.8, 4) is 0 Å². The summed E-state index contributed by atoms with van der Waals surface area (Å²) in [5.41, 5.74) is 3.31. The van der Waals surface area contributed by atoms with Crippen LogP contribution in [0.4, 0.5) is 5.69 Å². The van der Waals surface area contributed by atoms with Gasteiger partial charge in [0.15, 0.2) is 0 Å². The minimum absolute atomic E-state index is 0.124. The third-order valence-corrected chi connectivity index (χ3v) is 5.21. The zero-order chi connectivity index (χ0) is 16.6. The number of nitro benzene ring substituents is 1. The Morgan fingerprint density at radius 1 is 1.09 bits per heavy atom. The second-order valence-electron chi connectivity index (χ2n) is 5.72. The van der Waals surface area contributed by atoms with Gasteiger partial charge in [-0.3, -0.25) is 10.1 Å². The van der Waals surface area contributed by atoms with Gasteiger partial charge in [0.2, 0.25) is 0 Å². The van der Waals surface area contributed by atoms with Crippen LogP contribution < -0.4 is 5.32 Å². The van der Waals surface area contributed by atoms with Crippen molar-refractivity contribution >= 4 is 28.9 Å². The fourth-order valence-electron chi connectivity index (χ4n) is 3.31. The van der Waals surface area contributed by atoms with Gasteiger partial charge in [0.1, 0.15) is 0 Å². The molecule has 2 atom stereocenters. The highest BCUT2D eigenvalue weighted by atomic mass is 35.5. The Balaban J connectivity index is 2.08. The van der Waals surface area contributed by atoms with Crippen LogP contribution in [0.3, 0.4) is 0 Å². The maximum absolute atomic E-state index is 11.1. The summed E-state index contributed by atoms with van der Waals surface area (Å²) in [5.74, 6) is 0.171. The van der Waals surface area contributed by atoms with Gasteiger partial charge in [0, 0.05) is 24.1 Å². The number of nitrogens with one attached hydrogen (secondary N) is 1. The zero-order valence-electron chi connectivity index (χ0n) is 12.6. The summed E-state index contributed by atoms with van der Waals surface area (Å²) in [7, 11) is 1.88. The number of nitrogens with zero attached hydrogens (tertiary/aromatic N) is 1. The molecule has 1 N–H and O–H groups in total. The SMILES string of the molecule is CNC1CCC(c2ccc(Cl)c(Cl)c2)c2ccc([N+](=O)[O-])cc21. The molecule has 4 nitrogen and oxygen atoms in total. The Bertz CT molecular complexity index is 764. The topological polar surface area (TPSA) is 55.2 Å². The molecule has 1 aliphatic rings. The molecule has 0 saturated heterocycles. The molecule has 0 bridgehead atoms. The van der Waals surface area contributed by atoms with Gasteiger partial charge in [-0.05, 0) is 48.7 Å². The third-order valence-electron chi connectivity index (χ3n) is 4.47. The van der Waals surface area contributed by atoms with Crippen LogP contribution >= 0.6 is 23.2 Å². The Labute approximate surface area is 144 Å². The van der Waals surface area contributed by atoms with Crippen LogP contribution in [0.15, 0.2) is 36.4 Å². The molecule has 0 aromatic heterocycles. The summed E-state index contributed by atoms with van der Waals surface area (Å²) in [6.07, 6.45) is 1.86. The van der Waals surface area contributed by atoms with Crippen LogP contribution in [0.2, 0.25) is 10.0 Å². The van der Waals surface area contributed by atoms with Gasteiger partial charge in [0.05, 0.1) is 15.0 Å². The average molecular weight is 351 g/mol. The highest BCUT2D eigenvalue weighted by molar-refractivity contribution is 6.42. The van der Waals surface area contributed by atoms with E-state index in [4.69, 9.17) is 23.2 Å². The average Bonchev–Trinajstić information content (AvgIpc) is 2.55. The van der Waals surface area contributed by atoms with Crippen LogP contribution in [-0.2, 0) is 0 Å². The van der Waals surface area contributed by atoms with Gasteiger partial charge >= 0.3 is 0 Å². The van der Waals surface area contributed by atoms with E-state index in [1.165, 1.54) is 0 Å². The predicted octanol–water partition coefficient (Wildman–Crippen LogP) is 5.09. The number of benzene rings is 2. The molecule has 0 aliphatic heterocycles. The Kier molecular flexibility index (Phi) is 4.57. The Morgan fingerprint density at radius 3 is 2.52 bits per heavy atom. The van der Waals surface area contributed by atoms with Crippen LogP contribution in [0.25, 0.3) is 0 Å². The zero-order valence-corrected chi connectivity index (χ0v) is 14.1. The molecule has 1 aliphatic carbocycles. The molecule has 6 heteroatoms. The van der Waals surface area contributed by atoms with E-state index in [0.29, 0.717) is 10.0 Å². The number of hydrogen-bond acceptors (Lipinski definition) is 3. The van der Waals surface area contributed by atoms with Crippen molar-refractivity contribution in [2.24, 2.45) is 0 Å².